The van der Waals surface area contributed by atoms with E-state index in [1.165, 1.54) is 12.2 Å². The highest BCUT2D eigenvalue weighted by Gasteiger charge is 1.83. The first kappa shape index (κ1) is 7.13. The molecule has 0 aliphatic carbocycles. The number of rotatable bonds is 2. The molecule has 0 aliphatic heterocycles. The molecule has 5 N–H and O–H groups in total. The molecule has 0 radical (unpaired) electrons. The zero-order valence-corrected chi connectivity index (χ0v) is 4.42. The van der Waals surface area contributed by atoms with Gasteiger partial charge in [0.15, 0.2) is 0 Å². The van der Waals surface area contributed by atoms with Crippen LogP contribution < -0.4 is 17.0 Å². The average molecular weight is 115 g/mol. The third kappa shape index (κ3) is 3.32. The highest BCUT2D eigenvalue weighted by atomic mass is 16.2. The van der Waals surface area contributed by atoms with Gasteiger partial charge in [-0.3, -0.25) is 10.2 Å². The Morgan fingerprint density at radius 1 is 1.75 bits per heavy atom. The summed E-state index contributed by atoms with van der Waals surface area (Å²) in [5.41, 5.74) is 6.94. The minimum Gasteiger partial charge on any atom is -0.327 e. The van der Waals surface area contributed by atoms with Gasteiger partial charge >= 0.3 is 0 Å². The lowest BCUT2D eigenvalue weighted by Crippen LogP contribution is -2.28. The summed E-state index contributed by atoms with van der Waals surface area (Å²) in [4.78, 5) is 10.2. The summed E-state index contributed by atoms with van der Waals surface area (Å²) >= 11 is 0. The SMILES string of the molecule is NC/C=C\C(=O)NN. The van der Waals surface area contributed by atoms with Gasteiger partial charge in [-0.2, -0.15) is 0 Å². The molecule has 46 valence electrons. The van der Waals surface area contributed by atoms with E-state index in [9.17, 15) is 4.79 Å². The number of hydrazine groups is 1. The number of amides is 1. The van der Waals surface area contributed by atoms with Crippen molar-refractivity contribution in [2.24, 2.45) is 11.6 Å². The number of nitrogens with one attached hydrogen (secondary N) is 1. The van der Waals surface area contributed by atoms with E-state index in [2.05, 4.69) is 0 Å². The summed E-state index contributed by atoms with van der Waals surface area (Å²) in [5.74, 6) is 4.38. The van der Waals surface area contributed by atoms with Gasteiger partial charge in [0.2, 0.25) is 0 Å². The van der Waals surface area contributed by atoms with E-state index in [4.69, 9.17) is 11.6 Å². The lowest BCUT2D eigenvalue weighted by atomic mass is 10.5. The Bertz CT molecular complexity index is 99.5. The van der Waals surface area contributed by atoms with Crippen LogP contribution in [-0.4, -0.2) is 12.5 Å². The van der Waals surface area contributed by atoms with Crippen molar-refractivity contribution in [1.82, 2.24) is 5.43 Å². The summed E-state index contributed by atoms with van der Waals surface area (Å²) in [7, 11) is 0. The lowest BCUT2D eigenvalue weighted by Gasteiger charge is -1.86. The van der Waals surface area contributed by atoms with Crippen LogP contribution in [0.3, 0.4) is 0 Å². The Kier molecular flexibility index (Phi) is 3.83. The van der Waals surface area contributed by atoms with E-state index in [0.29, 0.717) is 6.54 Å². The molecule has 4 nitrogen and oxygen atoms in total. The summed E-state index contributed by atoms with van der Waals surface area (Å²) in [5, 5.41) is 0. The fraction of sp³-hybridized carbons (Fsp3) is 0.250. The van der Waals surface area contributed by atoms with Crippen molar-refractivity contribution < 1.29 is 4.79 Å². The summed E-state index contributed by atoms with van der Waals surface area (Å²) in [6.07, 6.45) is 2.79. The lowest BCUT2D eigenvalue weighted by molar-refractivity contribution is -0.116. The molecule has 0 saturated heterocycles. The molecule has 0 atom stereocenters. The first-order chi connectivity index (χ1) is 3.81. The molecule has 0 saturated carbocycles. The van der Waals surface area contributed by atoms with Crippen molar-refractivity contribution in [3.8, 4) is 0 Å². The fourth-order valence-electron chi connectivity index (χ4n) is 0.223. The highest BCUT2D eigenvalue weighted by Crippen LogP contribution is 1.65. The van der Waals surface area contributed by atoms with Crippen molar-refractivity contribution >= 4 is 5.91 Å². The van der Waals surface area contributed by atoms with Crippen LogP contribution in [0.15, 0.2) is 12.2 Å². The quantitative estimate of drug-likeness (QED) is 0.177. The van der Waals surface area contributed by atoms with Crippen molar-refractivity contribution in [1.29, 1.82) is 0 Å². The second-order valence-electron chi connectivity index (χ2n) is 1.15. The number of carbonyl (C=O) groups excluding carboxylic acids is 1. The van der Waals surface area contributed by atoms with Gasteiger partial charge in [-0.15, -0.1) is 0 Å². The number of carbonyl (C=O) groups is 1. The Balaban J connectivity index is 3.37. The normalized spacial score (nSPS) is 9.75. The first-order valence-corrected chi connectivity index (χ1v) is 2.18. The molecular weight excluding hydrogens is 106 g/mol. The van der Waals surface area contributed by atoms with Gasteiger partial charge in [-0.1, -0.05) is 6.08 Å². The van der Waals surface area contributed by atoms with E-state index in [-0.39, 0.29) is 5.91 Å². The Hall–Kier alpha value is -0.870. The zero-order chi connectivity index (χ0) is 6.41. The minimum atomic E-state index is -0.338. The topological polar surface area (TPSA) is 81.1 Å². The second-order valence-corrected chi connectivity index (χ2v) is 1.15. The highest BCUT2D eigenvalue weighted by molar-refractivity contribution is 5.86. The van der Waals surface area contributed by atoms with Gasteiger partial charge in [0, 0.05) is 12.6 Å². The molecular formula is C4H9N3O. The monoisotopic (exact) mass is 115 g/mol. The predicted molar refractivity (Wildman–Crippen MR) is 30.5 cm³/mol. The molecule has 0 spiro atoms. The van der Waals surface area contributed by atoms with Crippen LogP contribution in [0.1, 0.15) is 0 Å². The molecule has 0 heterocycles. The molecule has 0 fully saturated rings. The fourth-order valence-corrected chi connectivity index (χ4v) is 0.223. The number of nitrogens with two attached hydrogens (primary N) is 2. The van der Waals surface area contributed by atoms with Crippen LogP contribution in [0.25, 0.3) is 0 Å². The average Bonchev–Trinajstić information content (AvgIpc) is 1.83. The summed E-state index contributed by atoms with van der Waals surface area (Å²) < 4.78 is 0. The summed E-state index contributed by atoms with van der Waals surface area (Å²) in [6, 6.07) is 0. The van der Waals surface area contributed by atoms with Crippen molar-refractivity contribution in [3.05, 3.63) is 12.2 Å². The standard InChI is InChI=1S/C4H9N3O/c5-3-1-2-4(8)7-6/h1-2H,3,5-6H2,(H,7,8)/b2-1-. The maximum atomic E-state index is 10.2. The zero-order valence-electron chi connectivity index (χ0n) is 4.42. The maximum Gasteiger partial charge on any atom is 0.257 e. The largest absolute Gasteiger partial charge is 0.327 e. The molecule has 0 unspecified atom stereocenters. The van der Waals surface area contributed by atoms with Gasteiger partial charge in [-0.25, -0.2) is 5.84 Å². The number of hydrogen-bond acceptors (Lipinski definition) is 3. The Morgan fingerprint density at radius 3 is 2.75 bits per heavy atom. The van der Waals surface area contributed by atoms with Crippen LogP contribution in [0.2, 0.25) is 0 Å². The molecule has 4 heteroatoms. The second kappa shape index (κ2) is 4.29. The van der Waals surface area contributed by atoms with Crippen molar-refractivity contribution in [2.75, 3.05) is 6.54 Å². The van der Waals surface area contributed by atoms with Crippen LogP contribution in [0.5, 0.6) is 0 Å². The van der Waals surface area contributed by atoms with Gasteiger partial charge in [0.1, 0.15) is 0 Å². The molecule has 0 aliphatic rings. The summed E-state index contributed by atoms with van der Waals surface area (Å²) in [6.45, 7) is 0.355. The Labute approximate surface area is 47.5 Å². The van der Waals surface area contributed by atoms with Gasteiger partial charge in [0.25, 0.3) is 5.91 Å². The van der Waals surface area contributed by atoms with Gasteiger partial charge in [-0.05, 0) is 0 Å². The van der Waals surface area contributed by atoms with Gasteiger partial charge in [0.05, 0.1) is 0 Å². The molecule has 0 aromatic carbocycles. The van der Waals surface area contributed by atoms with E-state index in [0.717, 1.165) is 0 Å². The van der Waals surface area contributed by atoms with E-state index >= 15 is 0 Å². The van der Waals surface area contributed by atoms with Crippen LogP contribution >= 0.6 is 0 Å². The van der Waals surface area contributed by atoms with E-state index in [1.54, 1.807) is 0 Å². The van der Waals surface area contributed by atoms with Crippen LogP contribution in [-0.2, 0) is 4.79 Å². The first-order valence-electron chi connectivity index (χ1n) is 2.18. The smallest absolute Gasteiger partial charge is 0.257 e. The minimum absolute atomic E-state index is 0.338. The molecule has 0 bridgehead atoms. The molecule has 8 heavy (non-hydrogen) atoms. The maximum absolute atomic E-state index is 10.2. The van der Waals surface area contributed by atoms with Gasteiger partial charge < -0.3 is 5.73 Å². The molecule has 0 aromatic heterocycles. The van der Waals surface area contributed by atoms with E-state index in [1.807, 2.05) is 5.43 Å². The molecule has 1 amide bonds. The molecule has 0 aromatic rings. The van der Waals surface area contributed by atoms with Crippen LogP contribution in [0.4, 0.5) is 0 Å². The third-order valence-corrected chi connectivity index (χ3v) is 0.548. The van der Waals surface area contributed by atoms with Crippen LogP contribution in [0, 0.1) is 0 Å². The third-order valence-electron chi connectivity index (χ3n) is 0.548. The number of hydrogen-bond donors (Lipinski definition) is 3. The van der Waals surface area contributed by atoms with Crippen molar-refractivity contribution in [2.45, 2.75) is 0 Å². The molecule has 0 rings (SSSR count). The van der Waals surface area contributed by atoms with Crippen molar-refractivity contribution in [3.63, 3.8) is 0 Å². The van der Waals surface area contributed by atoms with E-state index < -0.39 is 0 Å². The Morgan fingerprint density at radius 2 is 2.38 bits per heavy atom. The predicted octanol–water partition coefficient (Wildman–Crippen LogP) is -1.51.